The van der Waals surface area contributed by atoms with Crippen molar-refractivity contribution in [3.8, 4) is 5.75 Å². The standard InChI is InChI=1S/C14H16BrF3N2O/c1-2-11(20-7-5-19-6-8-20)12-9(14(16,17)18)3-4-10(15)13(12)21/h2-4,11,19,21H,1,5-8H2/t11-/m1/s1. The van der Waals surface area contributed by atoms with Gasteiger partial charge in [0.1, 0.15) is 5.75 Å². The van der Waals surface area contributed by atoms with Crippen LogP contribution in [0.5, 0.6) is 5.75 Å². The number of rotatable bonds is 3. The molecule has 0 radical (unpaired) electrons. The van der Waals surface area contributed by atoms with Gasteiger partial charge in [0, 0.05) is 31.7 Å². The van der Waals surface area contributed by atoms with Crippen molar-refractivity contribution in [3.63, 3.8) is 0 Å². The van der Waals surface area contributed by atoms with Crippen molar-refractivity contribution in [3.05, 3.63) is 40.4 Å². The van der Waals surface area contributed by atoms with Gasteiger partial charge in [-0.25, -0.2) is 0 Å². The molecule has 3 nitrogen and oxygen atoms in total. The Morgan fingerprint density at radius 1 is 1.33 bits per heavy atom. The highest BCUT2D eigenvalue weighted by Gasteiger charge is 2.38. The molecule has 0 aromatic heterocycles. The van der Waals surface area contributed by atoms with Crippen LogP contribution >= 0.6 is 15.9 Å². The Bertz CT molecular complexity index is 528. The van der Waals surface area contributed by atoms with E-state index >= 15 is 0 Å². The highest BCUT2D eigenvalue weighted by atomic mass is 79.9. The summed E-state index contributed by atoms with van der Waals surface area (Å²) in [4.78, 5) is 1.88. The molecule has 0 aliphatic carbocycles. The monoisotopic (exact) mass is 364 g/mol. The zero-order valence-electron chi connectivity index (χ0n) is 11.3. The third kappa shape index (κ3) is 3.41. The van der Waals surface area contributed by atoms with Crippen LogP contribution in [-0.2, 0) is 6.18 Å². The predicted octanol–water partition coefficient (Wildman–Crippen LogP) is 3.31. The van der Waals surface area contributed by atoms with Crippen molar-refractivity contribution in [1.29, 1.82) is 0 Å². The zero-order valence-corrected chi connectivity index (χ0v) is 12.8. The first kappa shape index (κ1) is 16.3. The normalized spacial score (nSPS) is 18.5. The van der Waals surface area contributed by atoms with Crippen molar-refractivity contribution in [1.82, 2.24) is 10.2 Å². The molecule has 1 atom stereocenters. The molecule has 0 saturated carbocycles. The van der Waals surface area contributed by atoms with Crippen LogP contribution in [0, 0.1) is 0 Å². The summed E-state index contributed by atoms with van der Waals surface area (Å²) in [5.41, 5.74) is -0.972. The maximum absolute atomic E-state index is 13.2. The van der Waals surface area contributed by atoms with Crippen LogP contribution in [0.1, 0.15) is 17.2 Å². The number of nitrogens with zero attached hydrogens (tertiary/aromatic N) is 1. The Kier molecular flexibility index (Phi) is 4.95. The minimum Gasteiger partial charge on any atom is -0.506 e. The molecule has 1 aromatic carbocycles. The molecule has 2 N–H and O–H groups in total. The van der Waals surface area contributed by atoms with Gasteiger partial charge >= 0.3 is 6.18 Å². The second-order valence-corrected chi connectivity index (χ2v) is 5.68. The third-order valence-corrected chi connectivity index (χ3v) is 4.18. The van der Waals surface area contributed by atoms with E-state index in [4.69, 9.17) is 0 Å². The number of phenols is 1. The molecule has 0 spiro atoms. The molecule has 0 bridgehead atoms. The molecular formula is C14H16BrF3N2O. The molecule has 1 heterocycles. The molecule has 1 saturated heterocycles. The van der Waals surface area contributed by atoms with Crippen molar-refractivity contribution in [2.24, 2.45) is 0 Å². The summed E-state index contributed by atoms with van der Waals surface area (Å²) in [6.07, 6.45) is -3.08. The molecule has 2 rings (SSSR count). The van der Waals surface area contributed by atoms with E-state index in [0.29, 0.717) is 26.2 Å². The first-order chi connectivity index (χ1) is 9.86. The van der Waals surface area contributed by atoms with Crippen LogP contribution in [0.25, 0.3) is 0 Å². The van der Waals surface area contributed by atoms with E-state index in [1.165, 1.54) is 12.1 Å². The van der Waals surface area contributed by atoms with Crippen LogP contribution in [0.4, 0.5) is 13.2 Å². The van der Waals surface area contributed by atoms with Gasteiger partial charge in [0.25, 0.3) is 0 Å². The van der Waals surface area contributed by atoms with Crippen molar-refractivity contribution < 1.29 is 18.3 Å². The molecule has 1 fully saturated rings. The fraction of sp³-hybridized carbons (Fsp3) is 0.429. The van der Waals surface area contributed by atoms with Gasteiger partial charge < -0.3 is 10.4 Å². The minimum absolute atomic E-state index is 0.145. The summed E-state index contributed by atoms with van der Waals surface area (Å²) in [7, 11) is 0. The number of aromatic hydroxyl groups is 1. The second kappa shape index (κ2) is 6.37. The Hall–Kier alpha value is -1.05. The topological polar surface area (TPSA) is 35.5 Å². The van der Waals surface area contributed by atoms with Gasteiger partial charge in [0.15, 0.2) is 0 Å². The number of piperazine rings is 1. The first-order valence-corrected chi connectivity index (χ1v) is 7.31. The van der Waals surface area contributed by atoms with Crippen LogP contribution in [0.2, 0.25) is 0 Å². The van der Waals surface area contributed by atoms with Gasteiger partial charge in [-0.3, -0.25) is 4.90 Å². The van der Waals surface area contributed by atoms with Crippen molar-refractivity contribution in [2.75, 3.05) is 26.2 Å². The molecule has 21 heavy (non-hydrogen) atoms. The zero-order chi connectivity index (χ0) is 15.6. The Morgan fingerprint density at radius 2 is 1.95 bits per heavy atom. The van der Waals surface area contributed by atoms with Gasteiger partial charge in [-0.15, -0.1) is 6.58 Å². The minimum atomic E-state index is -4.52. The third-order valence-electron chi connectivity index (χ3n) is 3.54. The molecule has 116 valence electrons. The van der Waals surface area contributed by atoms with E-state index in [9.17, 15) is 18.3 Å². The molecular weight excluding hydrogens is 349 g/mol. The Morgan fingerprint density at radius 3 is 2.48 bits per heavy atom. The van der Waals surface area contributed by atoms with E-state index in [1.807, 2.05) is 4.90 Å². The number of hydrogen-bond donors (Lipinski definition) is 2. The molecule has 7 heteroatoms. The number of alkyl halides is 3. The number of hydrogen-bond acceptors (Lipinski definition) is 3. The highest BCUT2D eigenvalue weighted by molar-refractivity contribution is 9.10. The molecule has 1 aliphatic heterocycles. The summed E-state index contributed by atoms with van der Waals surface area (Å²) >= 11 is 3.09. The maximum atomic E-state index is 13.2. The number of benzene rings is 1. The van der Waals surface area contributed by atoms with Gasteiger partial charge in [0.05, 0.1) is 16.1 Å². The van der Waals surface area contributed by atoms with Crippen LogP contribution in [0.3, 0.4) is 0 Å². The van der Waals surface area contributed by atoms with E-state index in [1.54, 1.807) is 0 Å². The quantitative estimate of drug-likeness (QED) is 0.807. The number of halogens is 4. The summed E-state index contributed by atoms with van der Waals surface area (Å²) in [6, 6.07) is 1.51. The van der Waals surface area contributed by atoms with Gasteiger partial charge in [-0.05, 0) is 28.1 Å². The largest absolute Gasteiger partial charge is 0.506 e. The summed E-state index contributed by atoms with van der Waals surface area (Å²) in [5.74, 6) is -0.381. The highest BCUT2D eigenvalue weighted by Crippen LogP contribution is 2.44. The molecule has 1 aliphatic rings. The van der Waals surface area contributed by atoms with E-state index in [0.717, 1.165) is 6.07 Å². The fourth-order valence-electron chi connectivity index (χ4n) is 2.54. The molecule has 1 aromatic rings. The van der Waals surface area contributed by atoms with Crippen molar-refractivity contribution >= 4 is 15.9 Å². The van der Waals surface area contributed by atoms with E-state index in [-0.39, 0.29) is 15.8 Å². The Labute approximate surface area is 129 Å². The summed E-state index contributed by atoms with van der Waals surface area (Å²) in [6.45, 7) is 6.23. The molecule has 0 amide bonds. The number of nitrogens with one attached hydrogen (secondary N) is 1. The lowest BCUT2D eigenvalue weighted by Gasteiger charge is -2.35. The average Bonchev–Trinajstić information content (AvgIpc) is 2.44. The van der Waals surface area contributed by atoms with Gasteiger partial charge in [-0.1, -0.05) is 6.08 Å². The lowest BCUT2D eigenvalue weighted by atomic mass is 9.96. The number of phenolic OH excluding ortho intramolecular Hbond substituents is 1. The van der Waals surface area contributed by atoms with E-state index in [2.05, 4.69) is 27.8 Å². The maximum Gasteiger partial charge on any atom is 0.416 e. The van der Waals surface area contributed by atoms with Crippen LogP contribution in [0.15, 0.2) is 29.3 Å². The summed E-state index contributed by atoms with van der Waals surface area (Å²) < 4.78 is 39.9. The lowest BCUT2D eigenvalue weighted by molar-refractivity contribution is -0.138. The first-order valence-electron chi connectivity index (χ1n) is 6.52. The summed E-state index contributed by atoms with van der Waals surface area (Å²) in [5, 5.41) is 13.3. The fourth-order valence-corrected chi connectivity index (χ4v) is 2.88. The predicted molar refractivity (Wildman–Crippen MR) is 78.2 cm³/mol. The average molecular weight is 365 g/mol. The Balaban J connectivity index is 2.53. The SMILES string of the molecule is C=C[C@H](c1c(C(F)(F)F)ccc(Br)c1O)N1CCNCC1. The second-order valence-electron chi connectivity index (χ2n) is 4.82. The van der Waals surface area contributed by atoms with Gasteiger partial charge in [-0.2, -0.15) is 13.2 Å². The van der Waals surface area contributed by atoms with Crippen LogP contribution < -0.4 is 5.32 Å². The lowest BCUT2D eigenvalue weighted by Crippen LogP contribution is -2.45. The molecule has 0 unspecified atom stereocenters. The van der Waals surface area contributed by atoms with Gasteiger partial charge in [0.2, 0.25) is 0 Å². The van der Waals surface area contributed by atoms with Crippen molar-refractivity contribution in [2.45, 2.75) is 12.2 Å². The van der Waals surface area contributed by atoms with E-state index < -0.39 is 17.8 Å². The smallest absolute Gasteiger partial charge is 0.416 e. The van der Waals surface area contributed by atoms with Crippen LogP contribution in [-0.4, -0.2) is 36.2 Å².